The van der Waals surface area contributed by atoms with Crippen molar-refractivity contribution < 1.29 is 18.6 Å². The molecule has 7 rings (SSSR count). The van der Waals surface area contributed by atoms with Crippen molar-refractivity contribution in [2.45, 2.75) is 12.8 Å². The molecule has 6 aromatic rings. The number of amides is 1. The maximum absolute atomic E-state index is 11.5. The first-order valence-electron chi connectivity index (χ1n) is 12.3. The van der Waals surface area contributed by atoms with Gasteiger partial charge in [-0.2, -0.15) is 5.26 Å². The van der Waals surface area contributed by atoms with Crippen molar-refractivity contribution in [2.24, 2.45) is 0 Å². The molecule has 10 nitrogen and oxygen atoms in total. The number of hydrogen-bond donors (Lipinski definition) is 1. The minimum Gasteiger partial charge on any atom is -0.436 e. The van der Waals surface area contributed by atoms with Crippen molar-refractivity contribution in [3.05, 3.63) is 106 Å². The Bertz CT molecular complexity index is 1940. The van der Waals surface area contributed by atoms with Crippen LogP contribution in [-0.4, -0.2) is 20.8 Å². The Morgan fingerprint density at radius 3 is 2.02 bits per heavy atom. The lowest BCUT2D eigenvalue weighted by Gasteiger charge is -1.97. The number of nitrogens with zero attached hydrogens (tertiary/aromatic N) is 4. The number of aromatic nitrogens is 2. The second-order valence-corrected chi connectivity index (χ2v) is 8.94. The second-order valence-electron chi connectivity index (χ2n) is 8.94. The van der Waals surface area contributed by atoms with E-state index in [0.717, 1.165) is 27.9 Å². The lowest BCUT2D eigenvalue weighted by Crippen LogP contribution is -2.03. The summed E-state index contributed by atoms with van der Waals surface area (Å²) >= 11 is 0. The summed E-state index contributed by atoms with van der Waals surface area (Å²) in [5.74, 6) is 0.973. The smallest absolute Gasteiger partial charge is 0.276 e. The van der Waals surface area contributed by atoms with E-state index in [4.69, 9.17) is 14.1 Å². The van der Waals surface area contributed by atoms with Gasteiger partial charge in [-0.25, -0.2) is 9.97 Å². The van der Waals surface area contributed by atoms with Gasteiger partial charge in [-0.1, -0.05) is 36.4 Å². The fourth-order valence-corrected chi connectivity index (χ4v) is 4.57. The van der Waals surface area contributed by atoms with Gasteiger partial charge in [-0.15, -0.1) is 0 Å². The minimum atomic E-state index is -0.511. The molecule has 0 spiro atoms. The van der Waals surface area contributed by atoms with Crippen LogP contribution in [0.5, 0.6) is 0 Å². The number of anilines is 1. The van der Waals surface area contributed by atoms with Crippen LogP contribution in [0.3, 0.4) is 0 Å². The van der Waals surface area contributed by atoms with Gasteiger partial charge < -0.3 is 14.2 Å². The van der Waals surface area contributed by atoms with Crippen molar-refractivity contribution in [1.82, 2.24) is 9.97 Å². The molecule has 1 aliphatic heterocycles. The number of nitrogens with one attached hydrogen (secondary N) is 1. The highest BCUT2D eigenvalue weighted by Crippen LogP contribution is 2.34. The van der Waals surface area contributed by atoms with E-state index in [2.05, 4.69) is 15.3 Å². The summed E-state index contributed by atoms with van der Waals surface area (Å²) in [7, 11) is 0. The Hall–Kier alpha value is -5.82. The quantitative estimate of drug-likeness (QED) is 0.202. The Morgan fingerprint density at radius 2 is 1.43 bits per heavy atom. The van der Waals surface area contributed by atoms with Crippen LogP contribution in [0.2, 0.25) is 0 Å². The second kappa shape index (κ2) is 10.2. The number of nitro benzene ring substituents is 1. The molecule has 4 aromatic carbocycles. The first-order valence-corrected chi connectivity index (χ1v) is 12.3. The van der Waals surface area contributed by atoms with Crippen LogP contribution in [-0.2, 0) is 17.6 Å². The summed E-state index contributed by atoms with van der Waals surface area (Å²) in [5.41, 5.74) is 5.93. The molecule has 1 amide bonds. The molecule has 0 aliphatic carbocycles. The zero-order chi connectivity index (χ0) is 27.6. The van der Waals surface area contributed by atoms with Crippen molar-refractivity contribution in [3.63, 3.8) is 0 Å². The third-order valence-corrected chi connectivity index (χ3v) is 6.41. The zero-order valence-electron chi connectivity index (χ0n) is 20.8. The largest absolute Gasteiger partial charge is 0.436 e. The third kappa shape index (κ3) is 4.52. The number of oxazole rings is 2. The molecule has 0 fully saturated rings. The van der Waals surface area contributed by atoms with E-state index in [1.807, 2.05) is 78.9 Å². The molecule has 0 radical (unpaired) electrons. The Balaban J connectivity index is 0.000000145. The first-order chi connectivity index (χ1) is 19.5. The lowest BCUT2D eigenvalue weighted by molar-refractivity contribution is -0.385. The molecule has 0 saturated heterocycles. The molecule has 10 heteroatoms. The van der Waals surface area contributed by atoms with Gasteiger partial charge >= 0.3 is 0 Å². The fourth-order valence-electron chi connectivity index (χ4n) is 4.57. The molecule has 0 unspecified atom stereocenters. The summed E-state index contributed by atoms with van der Waals surface area (Å²) in [4.78, 5) is 30.8. The Morgan fingerprint density at radius 1 is 0.850 bits per heavy atom. The predicted molar refractivity (Wildman–Crippen MR) is 147 cm³/mol. The molecule has 40 heavy (non-hydrogen) atoms. The number of hydrogen-bond acceptors (Lipinski definition) is 8. The van der Waals surface area contributed by atoms with Gasteiger partial charge in [-0.3, -0.25) is 14.9 Å². The highest BCUT2D eigenvalue weighted by molar-refractivity contribution is 6.04. The van der Waals surface area contributed by atoms with E-state index in [0.29, 0.717) is 34.9 Å². The van der Waals surface area contributed by atoms with Gasteiger partial charge in [0.2, 0.25) is 17.7 Å². The normalized spacial score (nSPS) is 11.9. The number of carbonyl (C=O) groups is 1. The molecular weight excluding hydrogens is 510 g/mol. The Labute approximate surface area is 226 Å². The summed E-state index contributed by atoms with van der Waals surface area (Å²) in [6.45, 7) is 0. The van der Waals surface area contributed by atoms with Gasteiger partial charge in [0.25, 0.3) is 5.69 Å². The van der Waals surface area contributed by atoms with E-state index in [-0.39, 0.29) is 23.6 Å². The standard InChI is InChI=1S/C15H9N3O3.C15H10N2O2/c16-9-8-11-12(18(19)20)6-7-13-14(11)17-15(21-13)10-4-2-1-3-5-10;18-13-8-10-11(16-13)6-7-12-14(10)17-15(19-12)9-4-2-1-3-5-9/h1-7H,8H2;1-7H,8H2,(H,16,18). The SMILES string of the molecule is N#CCc1c([N+](=O)[O-])ccc2oc(-c3ccccc3)nc12.O=C1Cc2c(ccc3oc(-c4ccccc4)nc23)N1. The van der Waals surface area contributed by atoms with E-state index in [1.54, 1.807) is 0 Å². The topological polar surface area (TPSA) is 148 Å². The van der Waals surface area contributed by atoms with Crippen LogP contribution in [0.1, 0.15) is 11.1 Å². The number of nitriles is 1. The number of nitro groups is 1. The number of fused-ring (bicyclic) bond motifs is 4. The van der Waals surface area contributed by atoms with Crippen LogP contribution in [0.4, 0.5) is 11.4 Å². The van der Waals surface area contributed by atoms with E-state index in [1.165, 1.54) is 12.1 Å². The molecule has 3 heterocycles. The predicted octanol–water partition coefficient (Wildman–Crippen LogP) is 6.46. The van der Waals surface area contributed by atoms with Crippen molar-refractivity contribution >= 4 is 39.5 Å². The zero-order valence-corrected chi connectivity index (χ0v) is 20.8. The lowest BCUT2D eigenvalue weighted by atomic mass is 10.1. The first kappa shape index (κ1) is 24.5. The van der Waals surface area contributed by atoms with Crippen molar-refractivity contribution in [3.8, 4) is 29.0 Å². The number of benzene rings is 4. The van der Waals surface area contributed by atoms with Gasteiger partial charge in [0.05, 0.1) is 29.4 Å². The highest BCUT2D eigenvalue weighted by Gasteiger charge is 2.23. The van der Waals surface area contributed by atoms with Crippen LogP contribution in [0, 0.1) is 21.4 Å². The molecule has 0 saturated carbocycles. The molecule has 1 N–H and O–H groups in total. The Kier molecular flexibility index (Phi) is 6.22. The van der Waals surface area contributed by atoms with Gasteiger partial charge in [0.1, 0.15) is 11.0 Å². The molecule has 2 aromatic heterocycles. The van der Waals surface area contributed by atoms with Crippen LogP contribution >= 0.6 is 0 Å². The van der Waals surface area contributed by atoms with Crippen molar-refractivity contribution in [2.75, 3.05) is 5.32 Å². The van der Waals surface area contributed by atoms with Gasteiger partial charge in [0.15, 0.2) is 11.2 Å². The fraction of sp³-hybridized carbons (Fsp3) is 0.0667. The summed E-state index contributed by atoms with van der Waals surface area (Å²) in [6, 6.07) is 27.5. The van der Waals surface area contributed by atoms with Gasteiger partial charge in [-0.05, 0) is 42.5 Å². The van der Waals surface area contributed by atoms with E-state index < -0.39 is 4.92 Å². The van der Waals surface area contributed by atoms with Crippen LogP contribution in [0.15, 0.2) is 93.8 Å². The maximum Gasteiger partial charge on any atom is 0.276 e. The van der Waals surface area contributed by atoms with E-state index >= 15 is 0 Å². The average molecular weight is 530 g/mol. The van der Waals surface area contributed by atoms with Crippen LogP contribution in [0.25, 0.3) is 45.1 Å². The minimum absolute atomic E-state index is 0.00626. The average Bonchev–Trinajstić information content (AvgIpc) is 3.70. The summed E-state index contributed by atoms with van der Waals surface area (Å²) < 4.78 is 11.4. The summed E-state index contributed by atoms with van der Waals surface area (Å²) in [6.07, 6.45) is 0.280. The molecule has 0 atom stereocenters. The number of rotatable bonds is 4. The molecule has 194 valence electrons. The molecule has 0 bridgehead atoms. The number of carbonyl (C=O) groups excluding carboxylic acids is 1. The third-order valence-electron chi connectivity index (χ3n) is 6.41. The molecular formula is C30H19N5O5. The molecule has 1 aliphatic rings. The van der Waals surface area contributed by atoms with Crippen LogP contribution < -0.4 is 5.32 Å². The maximum atomic E-state index is 11.5. The van der Waals surface area contributed by atoms with Crippen molar-refractivity contribution in [1.29, 1.82) is 5.26 Å². The summed E-state index contributed by atoms with van der Waals surface area (Å²) in [5, 5.41) is 22.8. The van der Waals surface area contributed by atoms with E-state index in [9.17, 15) is 14.9 Å². The van der Waals surface area contributed by atoms with Gasteiger partial charge in [0, 0.05) is 28.4 Å². The monoisotopic (exact) mass is 529 g/mol. The highest BCUT2D eigenvalue weighted by atomic mass is 16.6.